The van der Waals surface area contributed by atoms with Gasteiger partial charge in [0.25, 0.3) is 0 Å². The maximum Gasteiger partial charge on any atom is 0.145 e. The topological polar surface area (TPSA) is 57.4 Å². The molecule has 1 heterocycles. The lowest BCUT2D eigenvalue weighted by Gasteiger charge is -2.27. The summed E-state index contributed by atoms with van der Waals surface area (Å²) in [6, 6.07) is 8.51. The summed E-state index contributed by atoms with van der Waals surface area (Å²) in [4.78, 5) is 4.54. The van der Waals surface area contributed by atoms with Crippen LogP contribution in [0, 0.1) is 0 Å². The summed E-state index contributed by atoms with van der Waals surface area (Å²) < 4.78 is 12.0. The molecule has 124 valence electrons. The Morgan fingerprint density at radius 3 is 2.70 bits per heavy atom. The summed E-state index contributed by atoms with van der Waals surface area (Å²) in [6.07, 6.45) is 6.40. The monoisotopic (exact) mass is 314 g/mol. The molecule has 2 N–H and O–H groups in total. The maximum absolute atomic E-state index is 6.24. The van der Waals surface area contributed by atoms with E-state index in [9.17, 15) is 0 Å². The van der Waals surface area contributed by atoms with Gasteiger partial charge in [-0.2, -0.15) is 0 Å². The predicted molar refractivity (Wildman–Crippen MR) is 92.5 cm³/mol. The van der Waals surface area contributed by atoms with Crippen molar-refractivity contribution in [3.63, 3.8) is 0 Å². The van der Waals surface area contributed by atoms with Gasteiger partial charge in [-0.3, -0.25) is 4.98 Å². The van der Waals surface area contributed by atoms with E-state index in [0.29, 0.717) is 12.6 Å². The molecule has 0 saturated heterocycles. The SMILES string of the molecule is CC(C)OCc1ccc(OC2CCC(N)CC2)c2ncccc12. The Kier molecular flexibility index (Phi) is 5.13. The molecule has 0 bridgehead atoms. The third-order valence-corrected chi connectivity index (χ3v) is 4.41. The van der Waals surface area contributed by atoms with Crippen LogP contribution in [0.15, 0.2) is 30.5 Å². The first-order chi connectivity index (χ1) is 11.1. The molecule has 1 fully saturated rings. The van der Waals surface area contributed by atoms with Crippen molar-refractivity contribution in [2.45, 2.75) is 64.4 Å². The molecule has 4 heteroatoms. The smallest absolute Gasteiger partial charge is 0.145 e. The van der Waals surface area contributed by atoms with Crippen LogP contribution < -0.4 is 10.5 Å². The van der Waals surface area contributed by atoms with Gasteiger partial charge in [-0.15, -0.1) is 0 Å². The van der Waals surface area contributed by atoms with Crippen LogP contribution in [0.2, 0.25) is 0 Å². The van der Waals surface area contributed by atoms with Gasteiger partial charge in [-0.25, -0.2) is 0 Å². The largest absolute Gasteiger partial charge is 0.488 e. The molecule has 1 aliphatic carbocycles. The molecule has 0 aliphatic heterocycles. The third kappa shape index (κ3) is 4.01. The molecule has 1 aromatic carbocycles. The summed E-state index contributed by atoms with van der Waals surface area (Å²) in [5.74, 6) is 0.870. The number of aromatic nitrogens is 1. The van der Waals surface area contributed by atoms with Crippen molar-refractivity contribution in [2.75, 3.05) is 0 Å². The Bertz CT molecular complexity index is 649. The highest BCUT2D eigenvalue weighted by Gasteiger charge is 2.21. The van der Waals surface area contributed by atoms with E-state index in [4.69, 9.17) is 15.2 Å². The fraction of sp³-hybridized carbons (Fsp3) is 0.526. The van der Waals surface area contributed by atoms with E-state index in [0.717, 1.165) is 47.9 Å². The molecule has 3 rings (SSSR count). The van der Waals surface area contributed by atoms with Crippen LogP contribution >= 0.6 is 0 Å². The molecule has 0 amide bonds. The van der Waals surface area contributed by atoms with Crippen LogP contribution in [0.5, 0.6) is 5.75 Å². The van der Waals surface area contributed by atoms with Crippen molar-refractivity contribution < 1.29 is 9.47 Å². The average molecular weight is 314 g/mol. The fourth-order valence-electron chi connectivity index (χ4n) is 3.07. The number of ether oxygens (including phenoxy) is 2. The minimum atomic E-state index is 0.212. The van der Waals surface area contributed by atoms with Crippen LogP contribution in [0.4, 0.5) is 0 Å². The van der Waals surface area contributed by atoms with Gasteiger partial charge in [0, 0.05) is 17.6 Å². The van der Waals surface area contributed by atoms with Gasteiger partial charge >= 0.3 is 0 Å². The zero-order valence-electron chi connectivity index (χ0n) is 14.0. The van der Waals surface area contributed by atoms with Crippen molar-refractivity contribution in [3.8, 4) is 5.75 Å². The highest BCUT2D eigenvalue weighted by molar-refractivity contribution is 5.87. The van der Waals surface area contributed by atoms with Gasteiger partial charge < -0.3 is 15.2 Å². The molecule has 1 aromatic heterocycles. The standard InChI is InChI=1S/C19H26N2O2/c1-13(2)22-12-14-5-10-18(19-17(14)4-3-11-21-19)23-16-8-6-15(20)7-9-16/h3-5,10-11,13,15-16H,6-9,12,20H2,1-2H3. The lowest BCUT2D eigenvalue weighted by Crippen LogP contribution is -2.31. The van der Waals surface area contributed by atoms with E-state index in [-0.39, 0.29) is 12.2 Å². The van der Waals surface area contributed by atoms with Crippen molar-refractivity contribution in [3.05, 3.63) is 36.0 Å². The Balaban J connectivity index is 1.82. The summed E-state index contributed by atoms with van der Waals surface area (Å²) in [7, 11) is 0. The van der Waals surface area contributed by atoms with Gasteiger partial charge in [0.1, 0.15) is 11.3 Å². The van der Waals surface area contributed by atoms with Crippen molar-refractivity contribution >= 4 is 10.9 Å². The second-order valence-electron chi connectivity index (χ2n) is 6.64. The maximum atomic E-state index is 6.24. The molecular weight excluding hydrogens is 288 g/mol. The highest BCUT2D eigenvalue weighted by Crippen LogP contribution is 2.30. The lowest BCUT2D eigenvalue weighted by molar-refractivity contribution is 0.0664. The Labute approximate surface area is 138 Å². The van der Waals surface area contributed by atoms with E-state index in [2.05, 4.69) is 17.1 Å². The minimum absolute atomic E-state index is 0.212. The van der Waals surface area contributed by atoms with Crippen molar-refractivity contribution in [1.29, 1.82) is 0 Å². The van der Waals surface area contributed by atoms with Crippen LogP contribution in [0.25, 0.3) is 10.9 Å². The summed E-state index contributed by atoms with van der Waals surface area (Å²) >= 11 is 0. The molecule has 1 saturated carbocycles. The van der Waals surface area contributed by atoms with Crippen LogP contribution in [0.1, 0.15) is 45.1 Å². The van der Waals surface area contributed by atoms with Crippen LogP contribution in [0.3, 0.4) is 0 Å². The number of hydrogen-bond donors (Lipinski definition) is 1. The number of benzene rings is 1. The molecule has 0 radical (unpaired) electrons. The molecule has 0 atom stereocenters. The number of fused-ring (bicyclic) bond motifs is 1. The molecule has 0 unspecified atom stereocenters. The van der Waals surface area contributed by atoms with Gasteiger partial charge in [-0.1, -0.05) is 12.1 Å². The molecule has 2 aromatic rings. The second-order valence-corrected chi connectivity index (χ2v) is 6.64. The molecule has 1 aliphatic rings. The first-order valence-corrected chi connectivity index (χ1v) is 8.54. The number of rotatable bonds is 5. The lowest BCUT2D eigenvalue weighted by atomic mass is 9.93. The van der Waals surface area contributed by atoms with Crippen molar-refractivity contribution in [2.24, 2.45) is 5.73 Å². The molecule has 0 spiro atoms. The molecule has 23 heavy (non-hydrogen) atoms. The normalized spacial score (nSPS) is 21.7. The number of nitrogens with two attached hydrogens (primary N) is 1. The number of hydrogen-bond acceptors (Lipinski definition) is 4. The van der Waals surface area contributed by atoms with Gasteiger partial charge in [0.15, 0.2) is 0 Å². The summed E-state index contributed by atoms with van der Waals surface area (Å²) in [6.45, 7) is 4.69. The van der Waals surface area contributed by atoms with E-state index in [1.165, 1.54) is 0 Å². The van der Waals surface area contributed by atoms with Crippen LogP contribution in [-0.4, -0.2) is 23.2 Å². The minimum Gasteiger partial charge on any atom is -0.488 e. The molecule has 4 nitrogen and oxygen atoms in total. The first kappa shape index (κ1) is 16.2. The summed E-state index contributed by atoms with van der Waals surface area (Å²) in [5.41, 5.74) is 8.05. The fourth-order valence-corrected chi connectivity index (χ4v) is 3.07. The van der Waals surface area contributed by atoms with Gasteiger partial charge in [0.05, 0.1) is 18.8 Å². The quantitative estimate of drug-likeness (QED) is 0.912. The predicted octanol–water partition coefficient (Wildman–Crippen LogP) is 3.81. The van der Waals surface area contributed by atoms with E-state index >= 15 is 0 Å². The first-order valence-electron chi connectivity index (χ1n) is 8.54. The number of nitrogens with zero attached hydrogens (tertiary/aromatic N) is 1. The zero-order valence-corrected chi connectivity index (χ0v) is 14.0. The van der Waals surface area contributed by atoms with E-state index < -0.39 is 0 Å². The zero-order chi connectivity index (χ0) is 16.2. The number of pyridine rings is 1. The third-order valence-electron chi connectivity index (χ3n) is 4.41. The van der Waals surface area contributed by atoms with Crippen LogP contribution in [-0.2, 0) is 11.3 Å². The average Bonchev–Trinajstić information content (AvgIpc) is 2.56. The second kappa shape index (κ2) is 7.28. The van der Waals surface area contributed by atoms with Crippen molar-refractivity contribution in [1.82, 2.24) is 4.98 Å². The van der Waals surface area contributed by atoms with E-state index in [1.54, 1.807) is 0 Å². The molecular formula is C19H26N2O2. The Morgan fingerprint density at radius 2 is 1.96 bits per heavy atom. The highest BCUT2D eigenvalue weighted by atomic mass is 16.5. The van der Waals surface area contributed by atoms with E-state index in [1.807, 2.05) is 32.2 Å². The van der Waals surface area contributed by atoms with Gasteiger partial charge in [-0.05, 0) is 57.2 Å². The Hall–Kier alpha value is -1.65. The summed E-state index contributed by atoms with van der Waals surface area (Å²) in [5, 5.41) is 1.11. The van der Waals surface area contributed by atoms with Gasteiger partial charge in [0.2, 0.25) is 0 Å². The Morgan fingerprint density at radius 1 is 1.17 bits per heavy atom.